The maximum absolute atomic E-state index is 2.46. The Labute approximate surface area is 90.5 Å². The molecule has 1 aliphatic carbocycles. The summed E-state index contributed by atoms with van der Waals surface area (Å²) >= 11 is 0. The van der Waals surface area contributed by atoms with Gasteiger partial charge in [-0.05, 0) is 24.2 Å². The summed E-state index contributed by atoms with van der Waals surface area (Å²) in [6, 6.07) is 0. The van der Waals surface area contributed by atoms with E-state index in [1.807, 2.05) is 0 Å². The summed E-state index contributed by atoms with van der Waals surface area (Å²) in [6.07, 6.45) is 11.8. The van der Waals surface area contributed by atoms with Gasteiger partial charge in [-0.15, -0.1) is 0 Å². The van der Waals surface area contributed by atoms with Crippen LogP contribution >= 0.6 is 0 Å². The van der Waals surface area contributed by atoms with Crippen LogP contribution in [0.4, 0.5) is 0 Å². The van der Waals surface area contributed by atoms with Gasteiger partial charge in [0.15, 0.2) is 0 Å². The van der Waals surface area contributed by atoms with Gasteiger partial charge in [0.05, 0.1) is 0 Å². The topological polar surface area (TPSA) is 0 Å². The first-order valence-electron chi connectivity index (χ1n) is 6.77. The Morgan fingerprint density at radius 3 is 2.43 bits per heavy atom. The zero-order chi connectivity index (χ0) is 10.4. The van der Waals surface area contributed by atoms with Crippen LogP contribution in [0.2, 0.25) is 0 Å². The maximum atomic E-state index is 2.46. The normalized spacial score (nSPS) is 31.9. The van der Waals surface area contributed by atoms with Crippen LogP contribution in [0.5, 0.6) is 0 Å². The molecule has 0 spiro atoms. The molecule has 0 heterocycles. The van der Waals surface area contributed by atoms with Crippen molar-refractivity contribution in [3.05, 3.63) is 0 Å². The van der Waals surface area contributed by atoms with Gasteiger partial charge < -0.3 is 0 Å². The molecule has 0 aromatic heterocycles. The third-order valence-electron chi connectivity index (χ3n) is 4.35. The molecule has 84 valence electrons. The van der Waals surface area contributed by atoms with E-state index in [1.54, 1.807) is 0 Å². The van der Waals surface area contributed by atoms with Crippen molar-refractivity contribution in [2.45, 2.75) is 72.1 Å². The molecule has 3 atom stereocenters. The van der Waals surface area contributed by atoms with E-state index in [9.17, 15) is 0 Å². The first-order chi connectivity index (χ1) is 6.77. The predicted molar refractivity (Wildman–Crippen MR) is 64.4 cm³/mol. The lowest BCUT2D eigenvalue weighted by Crippen LogP contribution is -2.17. The maximum Gasteiger partial charge on any atom is -0.0386 e. The molecule has 0 aliphatic heterocycles. The van der Waals surface area contributed by atoms with Gasteiger partial charge in [0, 0.05) is 0 Å². The van der Waals surface area contributed by atoms with Crippen LogP contribution in [0.15, 0.2) is 0 Å². The van der Waals surface area contributed by atoms with Crippen LogP contribution < -0.4 is 0 Å². The molecule has 1 saturated carbocycles. The van der Waals surface area contributed by atoms with Crippen LogP contribution in [0, 0.1) is 17.8 Å². The quantitative estimate of drug-likeness (QED) is 0.594. The minimum Gasteiger partial charge on any atom is -0.0651 e. The molecule has 1 rings (SSSR count). The zero-order valence-electron chi connectivity index (χ0n) is 10.4. The molecule has 0 saturated heterocycles. The molecule has 1 fully saturated rings. The second-order valence-electron chi connectivity index (χ2n) is 5.29. The summed E-state index contributed by atoms with van der Waals surface area (Å²) in [5.41, 5.74) is 0. The van der Waals surface area contributed by atoms with Gasteiger partial charge in [0.1, 0.15) is 0 Å². The van der Waals surface area contributed by atoms with Crippen molar-refractivity contribution in [3.63, 3.8) is 0 Å². The van der Waals surface area contributed by atoms with Crippen molar-refractivity contribution < 1.29 is 0 Å². The highest BCUT2D eigenvalue weighted by atomic mass is 14.3. The van der Waals surface area contributed by atoms with E-state index >= 15 is 0 Å². The van der Waals surface area contributed by atoms with E-state index in [2.05, 4.69) is 20.8 Å². The smallest absolute Gasteiger partial charge is 0.0386 e. The molecular weight excluding hydrogens is 168 g/mol. The summed E-state index contributed by atoms with van der Waals surface area (Å²) in [5, 5.41) is 0. The highest BCUT2D eigenvalue weighted by Crippen LogP contribution is 2.33. The van der Waals surface area contributed by atoms with Crippen LogP contribution in [-0.2, 0) is 0 Å². The Kier molecular flexibility index (Phi) is 5.59. The predicted octanol–water partition coefficient (Wildman–Crippen LogP) is 5.03. The molecular formula is C14H28. The van der Waals surface area contributed by atoms with Crippen LogP contribution in [0.1, 0.15) is 72.1 Å². The average molecular weight is 196 g/mol. The highest BCUT2D eigenvalue weighted by Gasteiger charge is 2.21. The van der Waals surface area contributed by atoms with E-state index < -0.39 is 0 Å². The SMILES string of the molecule is CCC1CCCCCC(C(C)CC)C1. The van der Waals surface area contributed by atoms with Crippen molar-refractivity contribution >= 4 is 0 Å². The molecule has 0 aromatic rings. The van der Waals surface area contributed by atoms with Crippen molar-refractivity contribution in [3.8, 4) is 0 Å². The summed E-state index contributed by atoms with van der Waals surface area (Å²) in [6.45, 7) is 7.18. The van der Waals surface area contributed by atoms with E-state index in [0.717, 1.165) is 17.8 Å². The fourth-order valence-corrected chi connectivity index (χ4v) is 2.90. The minimum atomic E-state index is 0.960. The highest BCUT2D eigenvalue weighted by molar-refractivity contribution is 4.73. The standard InChI is InChI=1S/C14H28/c1-4-12(3)14-10-8-6-7-9-13(5-2)11-14/h12-14H,4-11H2,1-3H3. The molecule has 0 heteroatoms. The van der Waals surface area contributed by atoms with Gasteiger partial charge in [-0.3, -0.25) is 0 Å². The molecule has 0 nitrogen and oxygen atoms in total. The molecule has 0 aromatic carbocycles. The Hall–Kier alpha value is 0. The molecule has 1 aliphatic rings. The number of hydrogen-bond acceptors (Lipinski definition) is 0. The van der Waals surface area contributed by atoms with Gasteiger partial charge in [-0.1, -0.05) is 65.7 Å². The van der Waals surface area contributed by atoms with E-state index in [0.29, 0.717) is 0 Å². The second-order valence-corrected chi connectivity index (χ2v) is 5.29. The van der Waals surface area contributed by atoms with Gasteiger partial charge >= 0.3 is 0 Å². The first-order valence-corrected chi connectivity index (χ1v) is 6.77. The Morgan fingerprint density at radius 1 is 1.07 bits per heavy atom. The molecule has 0 N–H and O–H groups in total. The molecule has 14 heavy (non-hydrogen) atoms. The van der Waals surface area contributed by atoms with E-state index in [4.69, 9.17) is 0 Å². The van der Waals surface area contributed by atoms with Crippen molar-refractivity contribution in [2.75, 3.05) is 0 Å². The van der Waals surface area contributed by atoms with Crippen molar-refractivity contribution in [1.82, 2.24) is 0 Å². The minimum absolute atomic E-state index is 0.960. The number of rotatable bonds is 3. The lowest BCUT2D eigenvalue weighted by atomic mass is 9.77. The van der Waals surface area contributed by atoms with Gasteiger partial charge in [0.2, 0.25) is 0 Å². The van der Waals surface area contributed by atoms with E-state index in [1.165, 1.54) is 51.4 Å². The molecule has 0 bridgehead atoms. The summed E-state index contributed by atoms with van der Waals surface area (Å²) in [4.78, 5) is 0. The third kappa shape index (κ3) is 3.63. The van der Waals surface area contributed by atoms with Crippen molar-refractivity contribution in [1.29, 1.82) is 0 Å². The molecule has 3 unspecified atom stereocenters. The summed E-state index contributed by atoms with van der Waals surface area (Å²) in [7, 11) is 0. The Bertz CT molecular complexity index is 139. The lowest BCUT2D eigenvalue weighted by molar-refractivity contribution is 0.223. The Balaban J connectivity index is 2.45. The molecule has 0 amide bonds. The largest absolute Gasteiger partial charge is 0.0651 e. The first kappa shape index (κ1) is 12.1. The fourth-order valence-electron chi connectivity index (χ4n) is 2.90. The van der Waals surface area contributed by atoms with Gasteiger partial charge in [0.25, 0.3) is 0 Å². The lowest BCUT2D eigenvalue weighted by Gasteiger charge is -2.29. The van der Waals surface area contributed by atoms with E-state index in [-0.39, 0.29) is 0 Å². The molecule has 0 radical (unpaired) electrons. The monoisotopic (exact) mass is 196 g/mol. The third-order valence-corrected chi connectivity index (χ3v) is 4.35. The van der Waals surface area contributed by atoms with Crippen molar-refractivity contribution in [2.24, 2.45) is 17.8 Å². The zero-order valence-corrected chi connectivity index (χ0v) is 10.4. The van der Waals surface area contributed by atoms with Crippen LogP contribution in [0.3, 0.4) is 0 Å². The van der Waals surface area contributed by atoms with Gasteiger partial charge in [-0.25, -0.2) is 0 Å². The van der Waals surface area contributed by atoms with Crippen LogP contribution in [0.25, 0.3) is 0 Å². The summed E-state index contributed by atoms with van der Waals surface area (Å²) < 4.78 is 0. The fraction of sp³-hybridized carbons (Fsp3) is 1.00. The van der Waals surface area contributed by atoms with Gasteiger partial charge in [-0.2, -0.15) is 0 Å². The van der Waals surface area contributed by atoms with Crippen LogP contribution in [-0.4, -0.2) is 0 Å². The average Bonchev–Trinajstić information content (AvgIpc) is 2.17. The second kappa shape index (κ2) is 6.48. The number of hydrogen-bond donors (Lipinski definition) is 0. The summed E-state index contributed by atoms with van der Waals surface area (Å²) in [5.74, 6) is 3.03. The Morgan fingerprint density at radius 2 is 1.79 bits per heavy atom.